The molecule has 0 bridgehead atoms. The van der Waals surface area contributed by atoms with Crippen LogP contribution in [0.15, 0.2) is 59.4 Å². The number of rotatable bonds is 9. The summed E-state index contributed by atoms with van der Waals surface area (Å²) in [4.78, 5) is 17.8. The summed E-state index contributed by atoms with van der Waals surface area (Å²) in [6.07, 6.45) is 0.736. The number of aliphatic hydroxyl groups is 1. The number of pyridine rings is 1. The van der Waals surface area contributed by atoms with Gasteiger partial charge in [-0.25, -0.2) is 4.68 Å². The Balaban J connectivity index is 1.65. The van der Waals surface area contributed by atoms with Crippen molar-refractivity contribution in [2.24, 2.45) is 0 Å². The van der Waals surface area contributed by atoms with Crippen LogP contribution in [0.3, 0.4) is 0 Å². The van der Waals surface area contributed by atoms with Crippen molar-refractivity contribution in [1.82, 2.24) is 30.1 Å². The van der Waals surface area contributed by atoms with Gasteiger partial charge in [0.1, 0.15) is 0 Å². The number of tetrazole rings is 1. The second-order valence-corrected chi connectivity index (χ2v) is 8.01. The molecule has 0 amide bonds. The summed E-state index contributed by atoms with van der Waals surface area (Å²) in [5.74, 6) is 0.720. The Morgan fingerprint density at radius 1 is 1.16 bits per heavy atom. The smallest absolute Gasteiger partial charge is 0.252 e. The lowest BCUT2D eigenvalue weighted by Crippen LogP contribution is -2.34. The minimum Gasteiger partial charge on any atom is -0.395 e. The van der Waals surface area contributed by atoms with Crippen molar-refractivity contribution in [2.75, 3.05) is 13.2 Å². The van der Waals surface area contributed by atoms with Crippen molar-refractivity contribution < 1.29 is 5.11 Å². The normalized spacial score (nSPS) is 12.5. The zero-order chi connectivity index (χ0) is 22.5. The molecule has 4 aromatic rings. The van der Waals surface area contributed by atoms with E-state index >= 15 is 0 Å². The number of hydrogen-bond acceptors (Lipinski definition) is 6. The molecule has 0 aliphatic heterocycles. The maximum atomic E-state index is 12.8. The van der Waals surface area contributed by atoms with E-state index in [2.05, 4.69) is 38.4 Å². The fourth-order valence-corrected chi connectivity index (χ4v) is 4.10. The SMILES string of the molecule is CCC(c1nnnn1Cc1ccccc1)N(CCO)Cc1cc2cc(C)ccc2[nH]c1=O. The highest BCUT2D eigenvalue weighted by Crippen LogP contribution is 2.24. The molecule has 2 aromatic carbocycles. The van der Waals surface area contributed by atoms with E-state index in [1.807, 2.05) is 55.5 Å². The van der Waals surface area contributed by atoms with Crippen molar-refractivity contribution in [2.45, 2.75) is 39.4 Å². The number of fused-ring (bicyclic) bond motifs is 1. The topological polar surface area (TPSA) is 99.9 Å². The number of benzene rings is 2. The van der Waals surface area contributed by atoms with Gasteiger partial charge in [0.25, 0.3) is 5.56 Å². The van der Waals surface area contributed by atoms with Gasteiger partial charge in [-0.15, -0.1) is 5.10 Å². The molecule has 0 fully saturated rings. The highest BCUT2D eigenvalue weighted by Gasteiger charge is 2.25. The second-order valence-electron chi connectivity index (χ2n) is 8.01. The third-order valence-corrected chi connectivity index (χ3v) is 5.70. The van der Waals surface area contributed by atoms with Crippen LogP contribution in [0.1, 0.15) is 41.9 Å². The number of H-pyrrole nitrogens is 1. The van der Waals surface area contributed by atoms with E-state index in [0.29, 0.717) is 25.2 Å². The molecule has 0 radical (unpaired) electrons. The van der Waals surface area contributed by atoms with E-state index in [1.54, 1.807) is 4.68 Å². The maximum Gasteiger partial charge on any atom is 0.252 e. The molecule has 0 aliphatic rings. The predicted octanol–water partition coefficient (Wildman–Crippen LogP) is 2.82. The van der Waals surface area contributed by atoms with Gasteiger partial charge in [0, 0.05) is 24.2 Å². The summed E-state index contributed by atoms with van der Waals surface area (Å²) in [5, 5.41) is 23.2. The zero-order valence-corrected chi connectivity index (χ0v) is 18.4. The Morgan fingerprint density at radius 2 is 1.97 bits per heavy atom. The molecule has 2 N–H and O–H groups in total. The molecule has 2 heterocycles. The number of aromatic amines is 1. The van der Waals surface area contributed by atoms with Crippen molar-refractivity contribution in [3.8, 4) is 0 Å². The molecule has 1 unspecified atom stereocenters. The van der Waals surface area contributed by atoms with E-state index in [-0.39, 0.29) is 18.2 Å². The van der Waals surface area contributed by atoms with Crippen molar-refractivity contribution in [3.63, 3.8) is 0 Å². The fourth-order valence-electron chi connectivity index (χ4n) is 4.10. The van der Waals surface area contributed by atoms with Crippen LogP contribution in [-0.4, -0.2) is 48.3 Å². The molecule has 166 valence electrons. The minimum atomic E-state index is -0.145. The van der Waals surface area contributed by atoms with Crippen molar-refractivity contribution in [3.05, 3.63) is 87.5 Å². The van der Waals surface area contributed by atoms with Gasteiger partial charge in [-0.2, -0.15) is 0 Å². The Labute approximate surface area is 186 Å². The standard InChI is InChI=1S/C24H28N6O2/c1-3-22(23-26-27-28-30(23)15-18-7-5-4-6-8-18)29(11-12-31)16-20-14-19-13-17(2)9-10-21(19)25-24(20)32/h4-10,13-14,22,31H,3,11-12,15-16H2,1-2H3,(H,25,32). The van der Waals surface area contributed by atoms with E-state index < -0.39 is 0 Å². The van der Waals surface area contributed by atoms with Gasteiger partial charge in [-0.05, 0) is 52.9 Å². The number of nitrogens with one attached hydrogen (secondary N) is 1. The number of hydrogen-bond donors (Lipinski definition) is 2. The average Bonchev–Trinajstić information content (AvgIpc) is 3.23. The Bertz CT molecular complexity index is 1230. The van der Waals surface area contributed by atoms with Gasteiger partial charge >= 0.3 is 0 Å². The van der Waals surface area contributed by atoms with E-state index in [9.17, 15) is 9.90 Å². The van der Waals surface area contributed by atoms with Crippen LogP contribution in [-0.2, 0) is 13.1 Å². The molecule has 32 heavy (non-hydrogen) atoms. The van der Waals surface area contributed by atoms with E-state index in [0.717, 1.165) is 34.3 Å². The molecule has 1 atom stereocenters. The lowest BCUT2D eigenvalue weighted by molar-refractivity contribution is 0.131. The molecule has 2 aromatic heterocycles. The van der Waals surface area contributed by atoms with Crippen LogP contribution >= 0.6 is 0 Å². The summed E-state index contributed by atoms with van der Waals surface area (Å²) in [7, 11) is 0. The second kappa shape index (κ2) is 9.84. The Hall–Kier alpha value is -3.36. The van der Waals surface area contributed by atoms with Crippen molar-refractivity contribution >= 4 is 10.9 Å². The lowest BCUT2D eigenvalue weighted by Gasteiger charge is -2.29. The molecule has 0 aliphatic carbocycles. The van der Waals surface area contributed by atoms with Gasteiger partial charge in [0.15, 0.2) is 5.82 Å². The first-order valence-corrected chi connectivity index (χ1v) is 10.9. The number of aliphatic hydroxyl groups excluding tert-OH is 1. The molecule has 8 nitrogen and oxygen atoms in total. The molecular formula is C24H28N6O2. The first-order chi connectivity index (χ1) is 15.6. The monoisotopic (exact) mass is 432 g/mol. The molecule has 0 spiro atoms. The van der Waals surface area contributed by atoms with Gasteiger partial charge in [-0.3, -0.25) is 9.69 Å². The summed E-state index contributed by atoms with van der Waals surface area (Å²) < 4.78 is 1.79. The first-order valence-electron chi connectivity index (χ1n) is 10.9. The van der Waals surface area contributed by atoms with Gasteiger partial charge in [-0.1, -0.05) is 48.9 Å². The number of aromatic nitrogens is 5. The van der Waals surface area contributed by atoms with E-state index in [4.69, 9.17) is 0 Å². The zero-order valence-electron chi connectivity index (χ0n) is 18.4. The largest absolute Gasteiger partial charge is 0.395 e. The fraction of sp³-hybridized carbons (Fsp3) is 0.333. The molecule has 8 heteroatoms. The minimum absolute atomic E-state index is 0.0264. The van der Waals surface area contributed by atoms with Crippen molar-refractivity contribution in [1.29, 1.82) is 0 Å². The third-order valence-electron chi connectivity index (χ3n) is 5.70. The van der Waals surface area contributed by atoms with Crippen LogP contribution in [0.25, 0.3) is 10.9 Å². The van der Waals surface area contributed by atoms with Crippen LogP contribution in [0.2, 0.25) is 0 Å². The molecule has 4 rings (SSSR count). The van der Waals surface area contributed by atoms with Crippen LogP contribution < -0.4 is 5.56 Å². The van der Waals surface area contributed by atoms with Crippen LogP contribution in [0, 0.1) is 6.92 Å². The summed E-state index contributed by atoms with van der Waals surface area (Å²) >= 11 is 0. The summed E-state index contributed by atoms with van der Waals surface area (Å²) in [6, 6.07) is 17.8. The Morgan fingerprint density at radius 3 is 2.72 bits per heavy atom. The third kappa shape index (κ3) is 4.76. The first kappa shape index (κ1) is 21.9. The highest BCUT2D eigenvalue weighted by atomic mass is 16.3. The van der Waals surface area contributed by atoms with E-state index in [1.165, 1.54) is 0 Å². The maximum absolute atomic E-state index is 12.8. The number of aryl methyl sites for hydroxylation is 1. The van der Waals surface area contributed by atoms with Gasteiger partial charge in [0.05, 0.1) is 19.2 Å². The van der Waals surface area contributed by atoms with Gasteiger partial charge in [0.2, 0.25) is 0 Å². The predicted molar refractivity (Wildman–Crippen MR) is 123 cm³/mol. The van der Waals surface area contributed by atoms with Gasteiger partial charge < -0.3 is 10.1 Å². The molecular weight excluding hydrogens is 404 g/mol. The summed E-state index contributed by atoms with van der Waals surface area (Å²) in [5.41, 5.74) is 3.58. The quantitative estimate of drug-likeness (QED) is 0.422. The average molecular weight is 433 g/mol. The number of nitrogens with zero attached hydrogens (tertiary/aromatic N) is 5. The van der Waals surface area contributed by atoms with Crippen LogP contribution in [0.4, 0.5) is 0 Å². The van der Waals surface area contributed by atoms with Crippen LogP contribution in [0.5, 0.6) is 0 Å². The molecule has 0 saturated heterocycles. The summed E-state index contributed by atoms with van der Waals surface area (Å²) in [6.45, 7) is 5.41. The molecule has 0 saturated carbocycles. The highest BCUT2D eigenvalue weighted by molar-refractivity contribution is 5.79. The Kier molecular flexibility index (Phi) is 6.72. The lowest BCUT2D eigenvalue weighted by atomic mass is 10.1.